The maximum Gasteiger partial charge on any atom is 0.338 e. The summed E-state index contributed by atoms with van der Waals surface area (Å²) in [5.74, 6) is -1.10. The zero-order valence-electron chi connectivity index (χ0n) is 10.5. The maximum atomic E-state index is 11.6. The summed E-state index contributed by atoms with van der Waals surface area (Å²) in [6, 6.07) is 1.93. The molecular weight excluding hydrogens is 236 g/mol. The predicted octanol–water partition coefficient (Wildman–Crippen LogP) is 0.207. The van der Waals surface area contributed by atoms with E-state index in [0.717, 1.165) is 12.8 Å². The van der Waals surface area contributed by atoms with Crippen LogP contribution in [0.15, 0.2) is 0 Å². The molecule has 1 aliphatic rings. The highest BCUT2D eigenvalue weighted by Gasteiger charge is 2.40. The molecule has 0 heterocycles. The van der Waals surface area contributed by atoms with Crippen LogP contribution in [0.2, 0.25) is 0 Å². The van der Waals surface area contributed by atoms with Gasteiger partial charge in [-0.15, -0.1) is 0 Å². The van der Waals surface area contributed by atoms with Gasteiger partial charge >= 0.3 is 5.97 Å². The van der Waals surface area contributed by atoms with Crippen LogP contribution >= 0.6 is 0 Å². The van der Waals surface area contributed by atoms with Gasteiger partial charge in [0.25, 0.3) is 5.91 Å². The van der Waals surface area contributed by atoms with Gasteiger partial charge in [-0.25, -0.2) is 4.79 Å². The Morgan fingerprint density at radius 1 is 1.44 bits per heavy atom. The van der Waals surface area contributed by atoms with E-state index in [0.29, 0.717) is 19.4 Å². The van der Waals surface area contributed by atoms with Crippen molar-refractivity contribution in [1.29, 1.82) is 5.26 Å². The highest BCUT2D eigenvalue weighted by molar-refractivity contribution is 5.84. The molecule has 0 spiro atoms. The minimum atomic E-state index is -1.41. The molecule has 6 nitrogen and oxygen atoms in total. The van der Waals surface area contributed by atoms with Gasteiger partial charge in [0.05, 0.1) is 12.5 Å². The number of hydrogen-bond donors (Lipinski definition) is 1. The van der Waals surface area contributed by atoms with Gasteiger partial charge in [0.15, 0.2) is 12.2 Å². The Bertz CT molecular complexity index is 356. The second kappa shape index (κ2) is 6.36. The summed E-state index contributed by atoms with van der Waals surface area (Å²) in [6.07, 6.45) is 2.61. The Balaban J connectivity index is 2.34. The number of aliphatic hydroxyl groups is 1. The topological polar surface area (TPSA) is 90.6 Å². The van der Waals surface area contributed by atoms with E-state index in [1.807, 2.05) is 6.07 Å². The SMILES string of the molecule is CN(CCC#N)C(=O)COC(=O)C1(O)CCCC1. The van der Waals surface area contributed by atoms with Crippen LogP contribution in [0.5, 0.6) is 0 Å². The summed E-state index contributed by atoms with van der Waals surface area (Å²) in [6.45, 7) is -0.0831. The molecule has 0 atom stereocenters. The van der Waals surface area contributed by atoms with E-state index in [-0.39, 0.29) is 18.9 Å². The first-order chi connectivity index (χ1) is 8.49. The smallest absolute Gasteiger partial charge is 0.338 e. The Hall–Kier alpha value is -1.61. The standard InChI is InChI=1S/C12H18N2O4/c1-14(8-4-7-13)10(15)9-18-11(16)12(17)5-2-3-6-12/h17H,2-6,8-9H2,1H3. The molecule has 0 aromatic heterocycles. The summed E-state index contributed by atoms with van der Waals surface area (Å²) in [4.78, 5) is 24.5. The van der Waals surface area contributed by atoms with Crippen LogP contribution < -0.4 is 0 Å². The fraction of sp³-hybridized carbons (Fsp3) is 0.750. The van der Waals surface area contributed by atoms with Gasteiger partial charge in [0, 0.05) is 13.6 Å². The van der Waals surface area contributed by atoms with Crippen molar-refractivity contribution in [3.05, 3.63) is 0 Å². The van der Waals surface area contributed by atoms with Crippen molar-refractivity contribution in [2.24, 2.45) is 0 Å². The van der Waals surface area contributed by atoms with Crippen LogP contribution in [0.4, 0.5) is 0 Å². The number of hydrogen-bond acceptors (Lipinski definition) is 5. The van der Waals surface area contributed by atoms with E-state index < -0.39 is 11.6 Å². The molecule has 1 saturated carbocycles. The molecule has 0 saturated heterocycles. The first-order valence-electron chi connectivity index (χ1n) is 6.00. The number of amides is 1. The molecule has 1 amide bonds. The van der Waals surface area contributed by atoms with Crippen molar-refractivity contribution in [1.82, 2.24) is 4.90 Å². The number of carbonyl (C=O) groups excluding carboxylic acids is 2. The number of rotatable bonds is 5. The normalized spacial score (nSPS) is 16.9. The summed E-state index contributed by atoms with van der Waals surface area (Å²) in [7, 11) is 1.54. The first kappa shape index (κ1) is 14.5. The Morgan fingerprint density at radius 3 is 2.61 bits per heavy atom. The number of ether oxygens (including phenoxy) is 1. The highest BCUT2D eigenvalue weighted by atomic mass is 16.6. The lowest BCUT2D eigenvalue weighted by molar-refractivity contribution is -0.168. The van der Waals surface area contributed by atoms with E-state index in [9.17, 15) is 14.7 Å². The van der Waals surface area contributed by atoms with Crippen molar-refractivity contribution in [2.75, 3.05) is 20.2 Å². The maximum absolute atomic E-state index is 11.6. The minimum absolute atomic E-state index is 0.236. The number of carbonyl (C=O) groups is 2. The first-order valence-corrected chi connectivity index (χ1v) is 6.00. The van der Waals surface area contributed by atoms with Crippen LogP contribution in [0, 0.1) is 11.3 Å². The quantitative estimate of drug-likeness (QED) is 0.708. The van der Waals surface area contributed by atoms with E-state index in [2.05, 4.69) is 0 Å². The van der Waals surface area contributed by atoms with Crippen molar-refractivity contribution >= 4 is 11.9 Å². The zero-order valence-corrected chi connectivity index (χ0v) is 10.5. The third-order valence-electron chi connectivity index (χ3n) is 3.12. The molecule has 1 rings (SSSR count). The Morgan fingerprint density at radius 2 is 2.06 bits per heavy atom. The van der Waals surface area contributed by atoms with Gasteiger partial charge < -0.3 is 14.7 Å². The molecule has 18 heavy (non-hydrogen) atoms. The lowest BCUT2D eigenvalue weighted by Crippen LogP contribution is -2.40. The summed E-state index contributed by atoms with van der Waals surface area (Å²) >= 11 is 0. The zero-order chi connectivity index (χ0) is 13.6. The minimum Gasteiger partial charge on any atom is -0.453 e. The predicted molar refractivity (Wildman–Crippen MR) is 62.2 cm³/mol. The van der Waals surface area contributed by atoms with Crippen molar-refractivity contribution < 1.29 is 19.4 Å². The average Bonchev–Trinajstić information content (AvgIpc) is 2.80. The van der Waals surface area contributed by atoms with E-state index in [1.165, 1.54) is 11.9 Å². The van der Waals surface area contributed by atoms with Crippen LogP contribution in [0.1, 0.15) is 32.1 Å². The summed E-state index contributed by atoms with van der Waals surface area (Å²) in [5, 5.41) is 18.3. The molecule has 100 valence electrons. The summed E-state index contributed by atoms with van der Waals surface area (Å²) < 4.78 is 4.83. The van der Waals surface area contributed by atoms with E-state index >= 15 is 0 Å². The van der Waals surface area contributed by atoms with Gasteiger partial charge in [-0.3, -0.25) is 4.79 Å². The fourth-order valence-corrected chi connectivity index (χ4v) is 1.88. The fourth-order valence-electron chi connectivity index (χ4n) is 1.88. The third-order valence-corrected chi connectivity index (χ3v) is 3.12. The molecule has 0 unspecified atom stereocenters. The number of likely N-dealkylation sites (N-methyl/N-ethyl adjacent to an activating group) is 1. The van der Waals surface area contributed by atoms with Crippen molar-refractivity contribution in [3.63, 3.8) is 0 Å². The number of esters is 1. The molecule has 1 aliphatic carbocycles. The second-order valence-corrected chi connectivity index (χ2v) is 4.54. The average molecular weight is 254 g/mol. The van der Waals surface area contributed by atoms with E-state index in [4.69, 9.17) is 10.00 Å². The molecule has 6 heteroatoms. The second-order valence-electron chi connectivity index (χ2n) is 4.54. The molecule has 0 aromatic rings. The molecule has 0 aliphatic heterocycles. The van der Waals surface area contributed by atoms with Gasteiger partial charge in [0.1, 0.15) is 0 Å². The Labute approximate surface area is 106 Å². The van der Waals surface area contributed by atoms with Crippen LogP contribution in [0.25, 0.3) is 0 Å². The van der Waals surface area contributed by atoms with Gasteiger partial charge in [0.2, 0.25) is 0 Å². The number of nitrogens with zero attached hydrogens (tertiary/aromatic N) is 2. The monoisotopic (exact) mass is 254 g/mol. The van der Waals surface area contributed by atoms with Gasteiger partial charge in [-0.05, 0) is 25.7 Å². The van der Waals surface area contributed by atoms with Crippen LogP contribution in [-0.4, -0.2) is 47.7 Å². The Kier molecular flexibility index (Phi) is 5.10. The molecule has 1 N–H and O–H groups in total. The lowest BCUT2D eigenvalue weighted by Gasteiger charge is -2.21. The molecule has 0 aromatic carbocycles. The third kappa shape index (κ3) is 3.70. The molecular formula is C12H18N2O4. The lowest BCUT2D eigenvalue weighted by atomic mass is 10.0. The van der Waals surface area contributed by atoms with Crippen LogP contribution in [0.3, 0.4) is 0 Å². The van der Waals surface area contributed by atoms with Gasteiger partial charge in [-0.1, -0.05) is 0 Å². The molecule has 1 fully saturated rings. The largest absolute Gasteiger partial charge is 0.453 e. The summed E-state index contributed by atoms with van der Waals surface area (Å²) in [5.41, 5.74) is -1.41. The van der Waals surface area contributed by atoms with Crippen molar-refractivity contribution in [2.45, 2.75) is 37.7 Å². The van der Waals surface area contributed by atoms with Gasteiger partial charge in [-0.2, -0.15) is 5.26 Å². The van der Waals surface area contributed by atoms with E-state index in [1.54, 1.807) is 0 Å². The molecule has 0 bridgehead atoms. The van der Waals surface area contributed by atoms with Crippen LogP contribution in [-0.2, 0) is 14.3 Å². The molecule has 0 radical (unpaired) electrons. The number of nitriles is 1. The highest BCUT2D eigenvalue weighted by Crippen LogP contribution is 2.30. The van der Waals surface area contributed by atoms with Crippen molar-refractivity contribution in [3.8, 4) is 6.07 Å².